The highest BCUT2D eigenvalue weighted by atomic mass is 16.4. The van der Waals surface area contributed by atoms with E-state index in [1.807, 2.05) is 0 Å². The number of phenolic OH excluding ortho intramolecular Hbond substituents is 1. The van der Waals surface area contributed by atoms with Crippen molar-refractivity contribution in [2.45, 2.75) is 19.3 Å². The zero-order valence-electron chi connectivity index (χ0n) is 14.8. The molecule has 7 heteroatoms. The first-order valence-electron chi connectivity index (χ1n) is 8.77. The molecule has 0 radical (unpaired) electrons. The molecule has 1 aliphatic carbocycles. The molecular formula is C21H17NO6. The molecule has 7 nitrogen and oxygen atoms in total. The number of hydrogen-bond acceptors (Lipinski definition) is 4. The van der Waals surface area contributed by atoms with Gasteiger partial charge in [0.2, 0.25) is 0 Å². The molecule has 1 aliphatic rings. The van der Waals surface area contributed by atoms with E-state index in [1.165, 1.54) is 16.7 Å². The number of carbonyl (C=O) groups excluding carboxylic acids is 1. The molecular weight excluding hydrogens is 362 g/mol. The number of carbonyl (C=O) groups is 3. The lowest BCUT2D eigenvalue weighted by Crippen LogP contribution is -2.44. The van der Waals surface area contributed by atoms with Crippen LogP contribution in [0.1, 0.15) is 28.0 Å². The summed E-state index contributed by atoms with van der Waals surface area (Å²) in [5.41, 5.74) is 0.0958. The van der Waals surface area contributed by atoms with E-state index in [0.717, 1.165) is 0 Å². The number of carboxylic acids is 2. The third kappa shape index (κ3) is 2.47. The van der Waals surface area contributed by atoms with Crippen molar-refractivity contribution in [3.8, 4) is 5.75 Å². The van der Waals surface area contributed by atoms with Crippen molar-refractivity contribution in [1.82, 2.24) is 4.57 Å². The molecule has 1 heterocycles. The first kappa shape index (κ1) is 17.8. The Kier molecular flexibility index (Phi) is 3.96. The molecule has 0 fully saturated rings. The minimum Gasteiger partial charge on any atom is -0.508 e. The quantitative estimate of drug-likeness (QED) is 0.603. The van der Waals surface area contributed by atoms with E-state index in [-0.39, 0.29) is 30.9 Å². The predicted molar refractivity (Wildman–Crippen MR) is 99.5 cm³/mol. The zero-order valence-corrected chi connectivity index (χ0v) is 14.8. The zero-order chi connectivity index (χ0) is 20.1. The van der Waals surface area contributed by atoms with Gasteiger partial charge in [-0.3, -0.25) is 19.0 Å². The number of carboxylic acid groups (broad SMARTS) is 2. The van der Waals surface area contributed by atoms with Gasteiger partial charge in [-0.1, -0.05) is 18.2 Å². The summed E-state index contributed by atoms with van der Waals surface area (Å²) in [6, 6.07) is 13.1. The topological polar surface area (TPSA) is 117 Å². The fourth-order valence-electron chi connectivity index (χ4n) is 3.98. The van der Waals surface area contributed by atoms with Crippen LogP contribution in [0.5, 0.6) is 5.75 Å². The number of nitrogens with zero attached hydrogens (tertiary/aromatic N) is 1. The molecule has 0 atom stereocenters. The Morgan fingerprint density at radius 3 is 2.29 bits per heavy atom. The second kappa shape index (κ2) is 6.23. The lowest BCUT2D eigenvalue weighted by Gasteiger charge is -2.29. The smallest absolute Gasteiger partial charge is 0.321 e. The maximum absolute atomic E-state index is 13.2. The van der Waals surface area contributed by atoms with Crippen LogP contribution >= 0.6 is 0 Å². The van der Waals surface area contributed by atoms with Crippen molar-refractivity contribution in [3.63, 3.8) is 0 Å². The van der Waals surface area contributed by atoms with Crippen LogP contribution in [0.4, 0.5) is 0 Å². The van der Waals surface area contributed by atoms with E-state index in [1.54, 1.807) is 36.4 Å². The molecule has 2 aromatic carbocycles. The summed E-state index contributed by atoms with van der Waals surface area (Å²) in [7, 11) is 0. The van der Waals surface area contributed by atoms with E-state index in [0.29, 0.717) is 27.7 Å². The molecule has 0 spiro atoms. The first-order valence-corrected chi connectivity index (χ1v) is 8.77. The van der Waals surface area contributed by atoms with Gasteiger partial charge < -0.3 is 15.3 Å². The number of phenols is 1. The van der Waals surface area contributed by atoms with E-state index < -0.39 is 17.4 Å². The SMILES string of the molecule is O=C(c1ccccc1)n1c2c(c3cc(O)ccc31)CC(C(=O)O)(C(=O)O)CC2. The van der Waals surface area contributed by atoms with E-state index >= 15 is 0 Å². The number of fused-ring (bicyclic) bond motifs is 3. The standard InChI is InChI=1S/C21H17NO6/c23-13-6-7-16-14(10-13)15-11-21(19(25)26,20(27)28)9-8-17(15)22(16)18(24)12-4-2-1-3-5-12/h1-7,10,23H,8-9,11H2,(H,25,26)(H,27,28). The van der Waals surface area contributed by atoms with Crippen molar-refractivity contribution < 1.29 is 29.7 Å². The molecule has 0 saturated carbocycles. The number of benzene rings is 2. The minimum atomic E-state index is -1.95. The molecule has 0 unspecified atom stereocenters. The van der Waals surface area contributed by atoms with Crippen LogP contribution in [0.15, 0.2) is 48.5 Å². The van der Waals surface area contributed by atoms with Gasteiger partial charge in [0.25, 0.3) is 5.91 Å². The molecule has 142 valence electrons. The van der Waals surface area contributed by atoms with Crippen LogP contribution < -0.4 is 0 Å². The molecule has 0 saturated heterocycles. The van der Waals surface area contributed by atoms with Crippen LogP contribution in [0, 0.1) is 5.41 Å². The molecule has 28 heavy (non-hydrogen) atoms. The van der Waals surface area contributed by atoms with Crippen molar-refractivity contribution >= 4 is 28.7 Å². The predicted octanol–water partition coefficient (Wildman–Crippen LogP) is 2.68. The van der Waals surface area contributed by atoms with Crippen LogP contribution in [0.2, 0.25) is 0 Å². The average Bonchev–Trinajstić information content (AvgIpc) is 3.00. The van der Waals surface area contributed by atoms with Gasteiger partial charge in [0.05, 0.1) is 5.52 Å². The van der Waals surface area contributed by atoms with Crippen LogP contribution in [-0.2, 0) is 22.4 Å². The summed E-state index contributed by atoms with van der Waals surface area (Å²) in [6.07, 6.45) is -0.237. The highest BCUT2D eigenvalue weighted by molar-refractivity contribution is 6.06. The van der Waals surface area contributed by atoms with Crippen molar-refractivity contribution in [2.75, 3.05) is 0 Å². The highest BCUT2D eigenvalue weighted by Crippen LogP contribution is 2.42. The Labute approximate surface area is 159 Å². The normalized spacial score (nSPS) is 15.1. The minimum absolute atomic E-state index is 0.0403. The second-order valence-corrected chi connectivity index (χ2v) is 7.00. The van der Waals surface area contributed by atoms with Crippen LogP contribution in [0.25, 0.3) is 10.9 Å². The van der Waals surface area contributed by atoms with E-state index in [2.05, 4.69) is 0 Å². The van der Waals surface area contributed by atoms with Gasteiger partial charge in [-0.05, 0) is 48.7 Å². The fourth-order valence-corrected chi connectivity index (χ4v) is 3.98. The van der Waals surface area contributed by atoms with Gasteiger partial charge in [0.15, 0.2) is 5.41 Å². The Morgan fingerprint density at radius 2 is 1.64 bits per heavy atom. The third-order valence-corrected chi connectivity index (χ3v) is 5.47. The van der Waals surface area contributed by atoms with E-state index in [9.17, 15) is 29.7 Å². The monoisotopic (exact) mass is 379 g/mol. The summed E-state index contributed by atoms with van der Waals surface area (Å²) in [5, 5.41) is 29.6. The van der Waals surface area contributed by atoms with Crippen LogP contribution in [-0.4, -0.2) is 37.7 Å². The summed E-state index contributed by atoms with van der Waals surface area (Å²) in [4.78, 5) is 36.8. The second-order valence-electron chi connectivity index (χ2n) is 7.00. The van der Waals surface area contributed by atoms with Crippen molar-refractivity contribution in [1.29, 1.82) is 0 Å². The number of rotatable bonds is 3. The lowest BCUT2D eigenvalue weighted by molar-refractivity contribution is -0.165. The number of aliphatic carboxylic acids is 2. The molecule has 4 rings (SSSR count). The van der Waals surface area contributed by atoms with Gasteiger partial charge >= 0.3 is 11.9 Å². The first-order chi connectivity index (χ1) is 13.3. The van der Waals surface area contributed by atoms with Gasteiger partial charge in [-0.25, -0.2) is 0 Å². The van der Waals surface area contributed by atoms with Crippen molar-refractivity contribution in [2.24, 2.45) is 5.41 Å². The van der Waals surface area contributed by atoms with Gasteiger partial charge in [-0.2, -0.15) is 0 Å². The largest absolute Gasteiger partial charge is 0.508 e. The molecule has 3 aromatic rings. The Morgan fingerprint density at radius 1 is 0.964 bits per heavy atom. The summed E-state index contributed by atoms with van der Waals surface area (Å²) >= 11 is 0. The van der Waals surface area contributed by atoms with Crippen molar-refractivity contribution in [3.05, 3.63) is 65.4 Å². The summed E-state index contributed by atoms with van der Waals surface area (Å²) < 4.78 is 1.51. The molecule has 3 N–H and O–H groups in total. The Hall–Kier alpha value is -3.61. The lowest BCUT2D eigenvalue weighted by atomic mass is 9.72. The Bertz CT molecular complexity index is 1110. The summed E-state index contributed by atoms with van der Waals surface area (Å²) in [5.74, 6) is -3.13. The fraction of sp³-hybridized carbons (Fsp3) is 0.190. The van der Waals surface area contributed by atoms with Crippen LogP contribution in [0.3, 0.4) is 0 Å². The average molecular weight is 379 g/mol. The maximum Gasteiger partial charge on any atom is 0.321 e. The number of hydrogen-bond donors (Lipinski definition) is 3. The maximum atomic E-state index is 13.2. The summed E-state index contributed by atoms with van der Waals surface area (Å²) in [6.45, 7) is 0. The molecule has 0 amide bonds. The highest BCUT2D eigenvalue weighted by Gasteiger charge is 2.50. The van der Waals surface area contributed by atoms with Gasteiger partial charge in [-0.15, -0.1) is 0 Å². The number of aromatic nitrogens is 1. The molecule has 0 bridgehead atoms. The van der Waals surface area contributed by atoms with Gasteiger partial charge in [0.1, 0.15) is 5.75 Å². The Balaban J connectivity index is 1.97. The number of aromatic hydroxyl groups is 1. The molecule has 0 aliphatic heterocycles. The van der Waals surface area contributed by atoms with E-state index in [4.69, 9.17) is 0 Å². The molecule has 1 aromatic heterocycles. The van der Waals surface area contributed by atoms with Gasteiger partial charge in [0, 0.05) is 23.1 Å². The third-order valence-electron chi connectivity index (χ3n) is 5.47.